The molecule has 0 spiro atoms. The summed E-state index contributed by atoms with van der Waals surface area (Å²) in [6, 6.07) is 12.3. The van der Waals surface area contributed by atoms with Crippen molar-refractivity contribution in [3.8, 4) is 17.0 Å². The van der Waals surface area contributed by atoms with Crippen molar-refractivity contribution in [1.82, 2.24) is 45.1 Å². The Balaban J connectivity index is 0.865. The Bertz CT molecular complexity index is 4310. The van der Waals surface area contributed by atoms with E-state index in [0.29, 0.717) is 72.1 Å². The van der Waals surface area contributed by atoms with Crippen molar-refractivity contribution in [3.05, 3.63) is 104 Å². The number of fused-ring (bicyclic) bond motifs is 3. The number of hydrogen-bond acceptors (Lipinski definition) is 18. The first-order chi connectivity index (χ1) is 47.8. The summed E-state index contributed by atoms with van der Waals surface area (Å²) >= 11 is 0. The number of benzene rings is 2. The molecule has 28 heteroatoms. The van der Waals surface area contributed by atoms with Crippen LogP contribution < -0.4 is 30.1 Å². The minimum Gasteiger partial charge on any atom is -0.494 e. The van der Waals surface area contributed by atoms with E-state index in [4.69, 9.17) is 28.3 Å². The number of para-hydroxylation sites is 1. The summed E-state index contributed by atoms with van der Waals surface area (Å²) in [5.74, 6) is -6.42. The Labute approximate surface area is 595 Å². The molecule has 5 N–H and O–H groups in total. The van der Waals surface area contributed by atoms with E-state index in [1.165, 1.54) is 23.0 Å². The van der Waals surface area contributed by atoms with Gasteiger partial charge in [0, 0.05) is 61.2 Å². The number of methoxy groups -OCH3 is 1. The molecule has 10 unspecified atom stereocenters. The molecule has 7 aliphatic rings. The Kier molecular flexibility index (Phi) is 20.5. The van der Waals surface area contributed by atoms with Crippen LogP contribution in [0.4, 0.5) is 4.79 Å². The second kappa shape index (κ2) is 28.1. The van der Waals surface area contributed by atoms with Crippen LogP contribution in [-0.2, 0) is 67.8 Å². The summed E-state index contributed by atoms with van der Waals surface area (Å²) in [4.78, 5) is 125. The van der Waals surface area contributed by atoms with Gasteiger partial charge >= 0.3 is 6.09 Å². The average molecular weight is 1450 g/mol. The molecular formula is C74H95N9O17S2. The molecule has 550 valence electrons. The molecule has 2 aromatic carbocycles. The highest BCUT2D eigenvalue weighted by molar-refractivity contribution is 7.91. The van der Waals surface area contributed by atoms with Crippen LogP contribution in [-0.4, -0.2) is 175 Å². The van der Waals surface area contributed by atoms with Gasteiger partial charge in [0.05, 0.1) is 42.3 Å². The number of nitrogens with zero attached hydrogens (tertiary/aromatic N) is 4. The maximum absolute atomic E-state index is 15.1. The molecule has 11 rings (SSSR count). The van der Waals surface area contributed by atoms with Gasteiger partial charge < -0.3 is 54.0 Å². The molecule has 8 amide bonds. The first kappa shape index (κ1) is 74.4. The normalized spacial score (nSPS) is 25.0. The highest BCUT2D eigenvalue weighted by atomic mass is 32.2. The Morgan fingerprint density at radius 3 is 1.82 bits per heavy atom. The maximum atomic E-state index is 15.1. The molecule has 26 nitrogen and oxygen atoms in total. The van der Waals surface area contributed by atoms with Crippen LogP contribution in [0.25, 0.3) is 39.4 Å². The lowest BCUT2D eigenvalue weighted by atomic mass is 9.77. The fraction of sp³-hybridized carbons (Fsp3) is 0.554. The largest absolute Gasteiger partial charge is 0.494 e. The molecular weight excluding hydrogens is 1350 g/mol. The molecule has 4 aromatic rings. The maximum Gasteiger partial charge on any atom is 0.408 e. The molecule has 10 atom stereocenters. The predicted molar refractivity (Wildman–Crippen MR) is 380 cm³/mol. The number of rotatable bonds is 25. The molecule has 102 heavy (non-hydrogen) atoms. The number of ether oxygens (including phenoxy) is 4. The van der Waals surface area contributed by atoms with Crippen LogP contribution in [0.15, 0.2) is 102 Å². The van der Waals surface area contributed by atoms with Crippen LogP contribution in [0.2, 0.25) is 0 Å². The van der Waals surface area contributed by atoms with Gasteiger partial charge in [-0.25, -0.2) is 26.6 Å². The van der Waals surface area contributed by atoms with E-state index in [0.717, 1.165) is 19.3 Å². The lowest BCUT2D eigenvalue weighted by Crippen LogP contribution is -2.60. The SMILES string of the molecule is C=CC1CC1(NC(=O)C1CC(Oc2cc(-c3ccc(C=CC4CC4(NC(=O)C4CC(OC(=C)C(=C)OC)CN4C(=O)C(CC(=O)N4CCCCC4)C(C)(C)C)C(=O)NS(=O)(=O)C4CC4)cc3)nc3c2oc2ccccc23)CN1C(=O)C(NC(=O)OC(C)(C)C)C(C)(C)C)C(=O)NS(=O)(=O)C1CC1. The fourth-order valence-corrected chi connectivity index (χ4v) is 16.6. The van der Waals surface area contributed by atoms with Gasteiger partial charge in [-0.2, -0.15) is 0 Å². The Hall–Kier alpha value is -8.79. The highest BCUT2D eigenvalue weighted by Crippen LogP contribution is 2.48. The van der Waals surface area contributed by atoms with E-state index in [1.54, 1.807) is 101 Å². The number of aromatic nitrogens is 1. The standard InChI is InChI=1S/C74H95N9O17S2/c1-14-46-38-73(46,67(89)79-101(92,93)50-28-29-50)77-64(86)56-35-49(41-83(56)66(88)62(71(7,8)9)76-69(91)100-72(10,11)12)98-58-37-54(75-60-52-20-16-17-21-57(52)99-61(58)60)45-25-22-44(23-26-45)24-27-47-39-74(47,68(90)80-102(94,95)51-30-31-51)78-63(85)55-34-48(97-43(3)42(2)96-13)40-82(55)65(87)53(70(4,5)6)36-59(84)81-32-18-15-19-33-81/h14,16-17,20-27,37,46-51,53,55-56,62H,1-3,15,18-19,28-36,38-41H2,4-13H3,(H,76,91)(H,77,86)(H,78,85)(H,79,89)(H,80,90). The third kappa shape index (κ3) is 16.2. The number of carbonyl (C=O) groups is 8. The van der Waals surface area contributed by atoms with Crippen LogP contribution in [0, 0.1) is 28.6 Å². The van der Waals surface area contributed by atoms with Gasteiger partial charge in [0.2, 0.25) is 49.6 Å². The molecule has 7 fully saturated rings. The molecule has 2 aromatic heterocycles. The minimum absolute atomic E-state index is 0.00365. The van der Waals surface area contributed by atoms with Crippen molar-refractivity contribution in [1.29, 1.82) is 0 Å². The number of sulfonamides is 2. The van der Waals surface area contributed by atoms with Gasteiger partial charge in [-0.05, 0) is 107 Å². The van der Waals surface area contributed by atoms with E-state index in [2.05, 4.69) is 45.1 Å². The van der Waals surface area contributed by atoms with Crippen LogP contribution in [0.3, 0.4) is 0 Å². The third-order valence-corrected chi connectivity index (χ3v) is 23.9. The van der Waals surface area contributed by atoms with Gasteiger partial charge in [-0.3, -0.25) is 43.0 Å². The smallest absolute Gasteiger partial charge is 0.408 e. The molecule has 0 radical (unpaired) electrons. The highest BCUT2D eigenvalue weighted by Gasteiger charge is 2.64. The number of nitrogens with one attached hydrogen (secondary N) is 5. The van der Waals surface area contributed by atoms with E-state index < -0.39 is 148 Å². The quantitative estimate of drug-likeness (QED) is 0.0240. The second-order valence-electron chi connectivity index (χ2n) is 31.4. The zero-order valence-electron chi connectivity index (χ0n) is 59.7. The summed E-state index contributed by atoms with van der Waals surface area (Å²) in [7, 11) is -6.74. The zero-order valence-corrected chi connectivity index (χ0v) is 61.3. The summed E-state index contributed by atoms with van der Waals surface area (Å²) in [5, 5.41) is 7.61. The Morgan fingerprint density at radius 1 is 0.716 bits per heavy atom. The number of amides is 8. The van der Waals surface area contributed by atoms with E-state index in [9.17, 15) is 40.8 Å². The number of piperidine rings is 1. The van der Waals surface area contributed by atoms with Crippen molar-refractivity contribution in [2.75, 3.05) is 33.3 Å². The van der Waals surface area contributed by atoms with Gasteiger partial charge in [-0.15, -0.1) is 6.58 Å². The summed E-state index contributed by atoms with van der Waals surface area (Å²) in [5.41, 5.74) is -3.23. The molecule has 4 aliphatic carbocycles. The van der Waals surface area contributed by atoms with Gasteiger partial charge in [0.15, 0.2) is 22.9 Å². The number of carbonyl (C=O) groups excluding carboxylic acids is 8. The van der Waals surface area contributed by atoms with Crippen LogP contribution >= 0.6 is 0 Å². The molecule has 3 aliphatic heterocycles. The second-order valence-corrected chi connectivity index (χ2v) is 35.3. The number of furan rings is 1. The summed E-state index contributed by atoms with van der Waals surface area (Å²) in [6.45, 7) is 28.3. The van der Waals surface area contributed by atoms with E-state index in [-0.39, 0.29) is 74.0 Å². The average Bonchev–Trinajstić information content (AvgIpc) is 1.58. The van der Waals surface area contributed by atoms with Crippen LogP contribution in [0.5, 0.6) is 5.75 Å². The van der Waals surface area contributed by atoms with Crippen molar-refractivity contribution < 1.29 is 78.6 Å². The summed E-state index contributed by atoms with van der Waals surface area (Å²) < 4.78 is 87.8. The van der Waals surface area contributed by atoms with E-state index in [1.807, 2.05) is 32.9 Å². The zero-order chi connectivity index (χ0) is 74.0. The topological polar surface area (TPSA) is 338 Å². The monoisotopic (exact) mass is 1450 g/mol. The van der Waals surface area contributed by atoms with Gasteiger partial charge in [0.25, 0.3) is 11.8 Å². The van der Waals surface area contributed by atoms with E-state index >= 15 is 14.4 Å². The lowest BCUT2D eigenvalue weighted by Gasteiger charge is -2.36. The number of hydrogen-bond donors (Lipinski definition) is 5. The van der Waals surface area contributed by atoms with Gasteiger partial charge in [-0.1, -0.05) is 109 Å². The molecule has 5 heterocycles. The van der Waals surface area contributed by atoms with Crippen molar-refractivity contribution >= 4 is 95.6 Å². The Morgan fingerprint density at radius 2 is 1.27 bits per heavy atom. The minimum atomic E-state index is -4.11. The molecule has 3 saturated heterocycles. The first-order valence-corrected chi connectivity index (χ1v) is 38.1. The van der Waals surface area contributed by atoms with Gasteiger partial charge in [0.1, 0.15) is 58.1 Å². The number of alkyl carbamates (subject to hydrolysis) is 1. The number of pyridine rings is 1. The number of likely N-dealkylation sites (tertiary alicyclic amines) is 3. The predicted octanol–water partition coefficient (Wildman–Crippen LogP) is 7.83. The van der Waals surface area contributed by atoms with Crippen molar-refractivity contribution in [2.24, 2.45) is 28.6 Å². The first-order valence-electron chi connectivity index (χ1n) is 35.0. The van der Waals surface area contributed by atoms with Crippen LogP contribution in [0.1, 0.15) is 145 Å². The molecule has 4 saturated carbocycles. The summed E-state index contributed by atoms with van der Waals surface area (Å²) in [6.07, 6.45) is 6.33. The fourth-order valence-electron chi connectivity index (χ4n) is 13.8. The third-order valence-electron chi connectivity index (χ3n) is 20.3. The van der Waals surface area contributed by atoms with Crippen molar-refractivity contribution in [2.45, 2.75) is 197 Å². The molecule has 0 bridgehead atoms. The van der Waals surface area contributed by atoms with Crippen molar-refractivity contribution in [3.63, 3.8) is 0 Å². The lowest BCUT2D eigenvalue weighted by molar-refractivity contribution is -0.148.